The van der Waals surface area contributed by atoms with E-state index >= 15 is 0 Å². The summed E-state index contributed by atoms with van der Waals surface area (Å²) in [7, 11) is 0. The standard InChI is InChI=1S/C19H13Cl2N3O6/c20-12-6-10-11(7-13(12)21)18(27)24(17(10)26)8-16(25)23-19(28)22-9-1-2-14-15(5-9)30-4-3-29-14/h1-2,5-7H,3-4,8H2,(H2,22,23,25,28). The van der Waals surface area contributed by atoms with Crippen LogP contribution in [0.3, 0.4) is 0 Å². The molecule has 0 bridgehead atoms. The van der Waals surface area contributed by atoms with Gasteiger partial charge in [0.25, 0.3) is 11.8 Å². The van der Waals surface area contributed by atoms with Gasteiger partial charge < -0.3 is 14.8 Å². The Kier molecular flexibility index (Phi) is 5.23. The van der Waals surface area contributed by atoms with Crippen molar-refractivity contribution in [3.05, 3.63) is 51.5 Å². The van der Waals surface area contributed by atoms with Crippen LogP contribution in [-0.2, 0) is 4.79 Å². The quantitative estimate of drug-likeness (QED) is 0.696. The van der Waals surface area contributed by atoms with Gasteiger partial charge in [-0.2, -0.15) is 0 Å². The number of amides is 5. The molecule has 2 heterocycles. The molecule has 0 spiro atoms. The number of imide groups is 2. The second-order valence-corrected chi connectivity index (χ2v) is 7.18. The first-order valence-electron chi connectivity index (χ1n) is 8.69. The minimum absolute atomic E-state index is 0.0444. The van der Waals surface area contributed by atoms with E-state index < -0.39 is 30.3 Å². The van der Waals surface area contributed by atoms with E-state index in [0.29, 0.717) is 35.3 Å². The van der Waals surface area contributed by atoms with Gasteiger partial charge in [0.2, 0.25) is 5.91 Å². The topological polar surface area (TPSA) is 114 Å². The van der Waals surface area contributed by atoms with Crippen LogP contribution in [0.15, 0.2) is 30.3 Å². The molecule has 9 nitrogen and oxygen atoms in total. The number of nitrogens with zero attached hydrogens (tertiary/aromatic N) is 1. The van der Waals surface area contributed by atoms with Gasteiger partial charge in [-0.25, -0.2) is 4.79 Å². The summed E-state index contributed by atoms with van der Waals surface area (Å²) in [4.78, 5) is 49.8. The molecule has 0 unspecified atom stereocenters. The fourth-order valence-corrected chi connectivity index (χ4v) is 3.35. The summed E-state index contributed by atoms with van der Waals surface area (Å²) in [5, 5.41) is 4.76. The smallest absolute Gasteiger partial charge is 0.325 e. The van der Waals surface area contributed by atoms with Gasteiger partial charge in [-0.15, -0.1) is 0 Å². The highest BCUT2D eigenvalue weighted by molar-refractivity contribution is 6.43. The van der Waals surface area contributed by atoms with E-state index in [1.165, 1.54) is 12.1 Å². The maximum absolute atomic E-state index is 12.4. The molecule has 2 N–H and O–H groups in total. The number of carbonyl (C=O) groups excluding carboxylic acids is 4. The van der Waals surface area contributed by atoms with E-state index in [9.17, 15) is 19.2 Å². The highest BCUT2D eigenvalue weighted by Crippen LogP contribution is 2.33. The Hall–Kier alpha value is -3.30. The van der Waals surface area contributed by atoms with Crippen LogP contribution in [0.25, 0.3) is 0 Å². The van der Waals surface area contributed by atoms with Crippen LogP contribution >= 0.6 is 23.2 Å². The van der Waals surface area contributed by atoms with Gasteiger partial charge in [0.1, 0.15) is 19.8 Å². The minimum Gasteiger partial charge on any atom is -0.486 e. The number of urea groups is 1. The largest absolute Gasteiger partial charge is 0.486 e. The first-order valence-corrected chi connectivity index (χ1v) is 9.45. The lowest BCUT2D eigenvalue weighted by molar-refractivity contribution is -0.120. The molecule has 0 aliphatic carbocycles. The van der Waals surface area contributed by atoms with E-state index in [-0.39, 0.29) is 21.2 Å². The predicted molar refractivity (Wildman–Crippen MR) is 106 cm³/mol. The molecule has 0 fully saturated rings. The van der Waals surface area contributed by atoms with Crippen molar-refractivity contribution in [1.82, 2.24) is 10.2 Å². The van der Waals surface area contributed by atoms with Crippen LogP contribution in [0.5, 0.6) is 11.5 Å². The number of carbonyl (C=O) groups is 4. The summed E-state index contributed by atoms with van der Waals surface area (Å²) in [6, 6.07) is 6.46. The van der Waals surface area contributed by atoms with Crippen LogP contribution in [0.4, 0.5) is 10.5 Å². The van der Waals surface area contributed by atoms with E-state index in [1.807, 2.05) is 0 Å². The van der Waals surface area contributed by atoms with E-state index in [4.69, 9.17) is 32.7 Å². The Balaban J connectivity index is 1.38. The Morgan fingerprint density at radius 2 is 1.53 bits per heavy atom. The number of hydrogen-bond donors (Lipinski definition) is 2. The van der Waals surface area contributed by atoms with Gasteiger partial charge in [0, 0.05) is 11.8 Å². The van der Waals surface area contributed by atoms with Gasteiger partial charge in [-0.1, -0.05) is 23.2 Å². The molecule has 0 atom stereocenters. The second-order valence-electron chi connectivity index (χ2n) is 6.37. The molecular weight excluding hydrogens is 437 g/mol. The summed E-state index contributed by atoms with van der Waals surface area (Å²) in [6.45, 7) is 0.180. The van der Waals surface area contributed by atoms with Gasteiger partial charge in [-0.05, 0) is 24.3 Å². The third-order valence-corrected chi connectivity index (χ3v) is 5.09. The van der Waals surface area contributed by atoms with Crippen LogP contribution in [-0.4, -0.2) is 48.4 Å². The third kappa shape index (κ3) is 3.77. The summed E-state index contributed by atoms with van der Waals surface area (Å²) in [6.07, 6.45) is 0. The van der Waals surface area contributed by atoms with E-state index in [2.05, 4.69) is 10.6 Å². The maximum Gasteiger partial charge on any atom is 0.325 e. The molecular formula is C19H13Cl2N3O6. The Morgan fingerprint density at radius 3 is 2.17 bits per heavy atom. The normalized spacial score (nSPS) is 14.4. The van der Waals surface area contributed by atoms with Gasteiger partial charge >= 0.3 is 6.03 Å². The van der Waals surface area contributed by atoms with Gasteiger partial charge in [0.15, 0.2) is 11.5 Å². The van der Waals surface area contributed by atoms with Crippen molar-refractivity contribution in [2.24, 2.45) is 0 Å². The number of benzene rings is 2. The monoisotopic (exact) mass is 449 g/mol. The van der Waals surface area contributed by atoms with Crippen LogP contribution < -0.4 is 20.1 Å². The number of anilines is 1. The van der Waals surface area contributed by atoms with E-state index in [0.717, 1.165) is 0 Å². The third-order valence-electron chi connectivity index (χ3n) is 4.37. The van der Waals surface area contributed by atoms with Crippen LogP contribution in [0.2, 0.25) is 10.0 Å². The van der Waals surface area contributed by atoms with Crippen molar-refractivity contribution in [1.29, 1.82) is 0 Å². The van der Waals surface area contributed by atoms with Gasteiger partial charge in [-0.3, -0.25) is 24.6 Å². The van der Waals surface area contributed by atoms with Crippen molar-refractivity contribution in [3.63, 3.8) is 0 Å². The highest BCUT2D eigenvalue weighted by atomic mass is 35.5. The zero-order chi connectivity index (χ0) is 21.4. The molecule has 0 saturated carbocycles. The number of halogens is 2. The molecule has 2 aromatic rings. The SMILES string of the molecule is O=C(CN1C(=O)c2cc(Cl)c(Cl)cc2C1=O)NC(=O)Nc1ccc2c(c1)OCCO2. The van der Waals surface area contributed by atoms with Crippen molar-refractivity contribution >= 4 is 52.6 Å². The molecule has 2 aromatic carbocycles. The molecule has 2 aliphatic rings. The molecule has 0 saturated heterocycles. The average molecular weight is 450 g/mol. The fourth-order valence-electron chi connectivity index (χ4n) is 3.02. The van der Waals surface area contributed by atoms with Crippen LogP contribution in [0.1, 0.15) is 20.7 Å². The number of hydrogen-bond acceptors (Lipinski definition) is 6. The number of nitrogens with one attached hydrogen (secondary N) is 2. The zero-order valence-electron chi connectivity index (χ0n) is 15.2. The molecule has 5 amide bonds. The van der Waals surface area contributed by atoms with Crippen molar-refractivity contribution < 1.29 is 28.7 Å². The second kappa shape index (κ2) is 7.85. The fraction of sp³-hybridized carbons (Fsp3) is 0.158. The molecule has 30 heavy (non-hydrogen) atoms. The molecule has 2 aliphatic heterocycles. The summed E-state index contributed by atoms with van der Waals surface area (Å²) >= 11 is 11.8. The number of ether oxygens (including phenoxy) is 2. The Labute approximate surface area is 179 Å². The zero-order valence-corrected chi connectivity index (χ0v) is 16.7. The summed E-state index contributed by atoms with van der Waals surface area (Å²) in [5.74, 6) is -1.23. The Bertz CT molecular complexity index is 1060. The summed E-state index contributed by atoms with van der Waals surface area (Å²) in [5.41, 5.74) is 0.459. The maximum atomic E-state index is 12.4. The minimum atomic E-state index is -0.850. The predicted octanol–water partition coefficient (Wildman–Crippen LogP) is 2.71. The van der Waals surface area contributed by atoms with E-state index in [1.54, 1.807) is 18.2 Å². The highest BCUT2D eigenvalue weighted by Gasteiger charge is 2.37. The first-order chi connectivity index (χ1) is 14.3. The molecule has 4 rings (SSSR count). The lowest BCUT2D eigenvalue weighted by atomic mass is 10.1. The van der Waals surface area contributed by atoms with Crippen LogP contribution in [0, 0.1) is 0 Å². The lowest BCUT2D eigenvalue weighted by Gasteiger charge is -2.19. The van der Waals surface area contributed by atoms with Crippen molar-refractivity contribution in [2.45, 2.75) is 0 Å². The molecule has 0 radical (unpaired) electrons. The van der Waals surface area contributed by atoms with Crippen molar-refractivity contribution in [3.8, 4) is 11.5 Å². The average Bonchev–Trinajstić information content (AvgIpc) is 2.92. The molecule has 11 heteroatoms. The summed E-state index contributed by atoms with van der Waals surface area (Å²) < 4.78 is 10.8. The Morgan fingerprint density at radius 1 is 0.933 bits per heavy atom. The lowest BCUT2D eigenvalue weighted by Crippen LogP contribution is -2.43. The first kappa shape index (κ1) is 20.0. The van der Waals surface area contributed by atoms with Crippen molar-refractivity contribution in [2.75, 3.05) is 25.1 Å². The molecule has 154 valence electrons. The number of rotatable bonds is 3. The number of fused-ring (bicyclic) bond motifs is 2. The molecule has 0 aromatic heterocycles. The van der Waals surface area contributed by atoms with Gasteiger partial charge in [0.05, 0.1) is 21.2 Å².